The Labute approximate surface area is 104 Å². The number of aliphatic imine (C=N–C) groups is 1. The topological polar surface area (TPSA) is 54.6 Å². The Morgan fingerprint density at radius 1 is 1.28 bits per heavy atom. The molecule has 1 aliphatic heterocycles. The summed E-state index contributed by atoms with van der Waals surface area (Å²) in [6.45, 7) is 1.95. The van der Waals surface area contributed by atoms with Crippen LogP contribution >= 0.6 is 0 Å². The average molecular weight is 240 g/mol. The maximum Gasteiger partial charge on any atom is 0.355 e. The number of benzene rings is 1. The fourth-order valence-electron chi connectivity index (χ4n) is 2.28. The van der Waals surface area contributed by atoms with E-state index in [0.29, 0.717) is 12.1 Å². The second-order valence-corrected chi connectivity index (χ2v) is 4.16. The Bertz CT molecular complexity index is 654. The van der Waals surface area contributed by atoms with Gasteiger partial charge in [-0.05, 0) is 12.0 Å². The summed E-state index contributed by atoms with van der Waals surface area (Å²) in [4.78, 5) is 15.7. The van der Waals surface area contributed by atoms with E-state index in [4.69, 9.17) is 0 Å². The van der Waals surface area contributed by atoms with Gasteiger partial charge in [0.2, 0.25) is 5.88 Å². The first-order valence-corrected chi connectivity index (χ1v) is 5.84. The number of hydrogen-bond donors (Lipinski definition) is 1. The van der Waals surface area contributed by atoms with Crippen molar-refractivity contribution in [1.82, 2.24) is 4.57 Å². The predicted molar refractivity (Wildman–Crippen MR) is 69.2 cm³/mol. The maximum absolute atomic E-state index is 11.7. The van der Waals surface area contributed by atoms with E-state index < -0.39 is 6.03 Å². The van der Waals surface area contributed by atoms with Crippen LogP contribution in [0.2, 0.25) is 0 Å². The largest absolute Gasteiger partial charge is 0.494 e. The second-order valence-electron chi connectivity index (χ2n) is 4.16. The first-order chi connectivity index (χ1) is 8.72. The van der Waals surface area contributed by atoms with Gasteiger partial charge in [-0.15, -0.1) is 0 Å². The zero-order chi connectivity index (χ0) is 12.7. The van der Waals surface area contributed by atoms with E-state index in [1.54, 1.807) is 6.07 Å². The summed E-state index contributed by atoms with van der Waals surface area (Å²) in [5.74, 6) is -0.0546. The number of aromatic hydroxyl groups is 1. The molecule has 0 radical (unpaired) electrons. The fourth-order valence-corrected chi connectivity index (χ4v) is 2.28. The van der Waals surface area contributed by atoms with Crippen molar-refractivity contribution in [2.45, 2.75) is 13.3 Å². The van der Waals surface area contributed by atoms with Gasteiger partial charge in [-0.1, -0.05) is 37.3 Å². The number of nitrogens with zero attached hydrogens (tertiary/aromatic N) is 2. The molecule has 18 heavy (non-hydrogen) atoms. The Kier molecular flexibility index (Phi) is 2.30. The lowest BCUT2D eigenvalue weighted by Crippen LogP contribution is -2.03. The van der Waals surface area contributed by atoms with E-state index in [2.05, 4.69) is 4.99 Å². The Hall–Kier alpha value is -2.36. The molecule has 1 amide bonds. The predicted octanol–water partition coefficient (Wildman–Crippen LogP) is 3.04. The van der Waals surface area contributed by atoms with Crippen LogP contribution in [-0.4, -0.2) is 21.4 Å². The minimum absolute atomic E-state index is 0.0546. The second kappa shape index (κ2) is 3.84. The molecular weight excluding hydrogens is 228 g/mol. The number of hydrogen-bond acceptors (Lipinski definition) is 2. The van der Waals surface area contributed by atoms with Crippen molar-refractivity contribution in [2.75, 3.05) is 0 Å². The number of carbonyl (C=O) groups is 1. The standard InChI is InChI=1S/C14H12N2O2/c1-2-11-13-10(9-6-4-3-5-7-9)8-12(17)16(13)14(18)15-11/h3-8,17H,2H2,1H3. The van der Waals surface area contributed by atoms with Crippen molar-refractivity contribution in [3.8, 4) is 17.0 Å². The van der Waals surface area contributed by atoms with Crippen molar-refractivity contribution in [1.29, 1.82) is 0 Å². The molecule has 0 saturated carbocycles. The van der Waals surface area contributed by atoms with Gasteiger partial charge in [0.05, 0.1) is 11.4 Å². The van der Waals surface area contributed by atoms with Gasteiger partial charge in [-0.25, -0.2) is 9.36 Å². The molecule has 4 nitrogen and oxygen atoms in total. The molecule has 0 unspecified atom stereocenters. The Balaban J connectivity index is 2.26. The number of aromatic nitrogens is 1. The van der Waals surface area contributed by atoms with Crippen LogP contribution in [0.25, 0.3) is 11.1 Å². The normalized spacial score (nSPS) is 13.6. The van der Waals surface area contributed by atoms with E-state index in [1.807, 2.05) is 37.3 Å². The van der Waals surface area contributed by atoms with Gasteiger partial charge in [-0.3, -0.25) is 0 Å². The van der Waals surface area contributed by atoms with Gasteiger partial charge >= 0.3 is 6.03 Å². The lowest BCUT2D eigenvalue weighted by atomic mass is 10.0. The number of fused-ring (bicyclic) bond motifs is 1. The number of carbonyl (C=O) groups excluding carboxylic acids is 1. The van der Waals surface area contributed by atoms with Gasteiger partial charge in [-0.2, -0.15) is 4.99 Å². The van der Waals surface area contributed by atoms with Crippen LogP contribution < -0.4 is 0 Å². The fraction of sp³-hybridized carbons (Fsp3) is 0.143. The van der Waals surface area contributed by atoms with Crippen LogP contribution in [0.15, 0.2) is 41.4 Å². The highest BCUT2D eigenvalue weighted by Crippen LogP contribution is 2.34. The minimum atomic E-state index is -0.415. The summed E-state index contributed by atoms with van der Waals surface area (Å²) in [6, 6.07) is 10.9. The zero-order valence-electron chi connectivity index (χ0n) is 9.92. The first kappa shape index (κ1) is 10.8. The lowest BCUT2D eigenvalue weighted by molar-refractivity contribution is 0.249. The monoisotopic (exact) mass is 240 g/mol. The lowest BCUT2D eigenvalue weighted by Gasteiger charge is -2.02. The smallest absolute Gasteiger partial charge is 0.355 e. The van der Waals surface area contributed by atoms with Gasteiger partial charge in [0.1, 0.15) is 0 Å². The molecule has 1 aromatic carbocycles. The quantitative estimate of drug-likeness (QED) is 0.877. The highest BCUT2D eigenvalue weighted by Gasteiger charge is 2.28. The SMILES string of the molecule is CCC1=NC(=O)n2c(O)cc(-c3ccccc3)c21. The number of amides is 1. The van der Waals surface area contributed by atoms with Crippen LogP contribution in [0.1, 0.15) is 19.0 Å². The molecule has 0 spiro atoms. The van der Waals surface area contributed by atoms with Crippen molar-refractivity contribution in [3.63, 3.8) is 0 Å². The van der Waals surface area contributed by atoms with E-state index in [9.17, 15) is 9.90 Å². The molecule has 2 aromatic rings. The molecule has 90 valence electrons. The van der Waals surface area contributed by atoms with Crippen molar-refractivity contribution >= 4 is 11.7 Å². The molecule has 0 aliphatic carbocycles. The molecule has 3 rings (SSSR count). The zero-order valence-corrected chi connectivity index (χ0v) is 9.92. The van der Waals surface area contributed by atoms with Crippen LogP contribution in [0.3, 0.4) is 0 Å². The Morgan fingerprint density at radius 2 is 2.00 bits per heavy atom. The Morgan fingerprint density at radius 3 is 2.67 bits per heavy atom. The van der Waals surface area contributed by atoms with Gasteiger partial charge in [0.25, 0.3) is 0 Å². The molecular formula is C14H12N2O2. The summed E-state index contributed by atoms with van der Waals surface area (Å²) in [5, 5.41) is 9.87. The van der Waals surface area contributed by atoms with Gasteiger partial charge < -0.3 is 5.11 Å². The summed E-state index contributed by atoms with van der Waals surface area (Å²) >= 11 is 0. The third-order valence-corrected chi connectivity index (χ3v) is 3.10. The highest BCUT2D eigenvalue weighted by atomic mass is 16.3. The van der Waals surface area contributed by atoms with Gasteiger partial charge in [0, 0.05) is 11.6 Å². The first-order valence-electron chi connectivity index (χ1n) is 5.84. The highest BCUT2D eigenvalue weighted by molar-refractivity contribution is 6.16. The summed E-state index contributed by atoms with van der Waals surface area (Å²) in [5.41, 5.74) is 3.25. The molecule has 0 saturated heterocycles. The molecule has 0 atom stereocenters. The molecule has 1 aliphatic rings. The average Bonchev–Trinajstić information content (AvgIpc) is 2.90. The van der Waals surface area contributed by atoms with E-state index in [-0.39, 0.29) is 5.88 Å². The number of rotatable bonds is 2. The van der Waals surface area contributed by atoms with Crippen LogP contribution in [0, 0.1) is 0 Å². The van der Waals surface area contributed by atoms with Crippen molar-refractivity contribution in [2.24, 2.45) is 4.99 Å². The maximum atomic E-state index is 11.7. The summed E-state index contributed by atoms with van der Waals surface area (Å²) in [7, 11) is 0. The van der Waals surface area contributed by atoms with E-state index in [1.165, 1.54) is 4.57 Å². The molecule has 0 fully saturated rings. The third-order valence-electron chi connectivity index (χ3n) is 3.10. The minimum Gasteiger partial charge on any atom is -0.494 e. The molecule has 1 aromatic heterocycles. The third kappa shape index (κ3) is 1.39. The molecule has 2 heterocycles. The van der Waals surface area contributed by atoms with Crippen molar-refractivity contribution in [3.05, 3.63) is 42.1 Å². The summed E-state index contributed by atoms with van der Waals surface area (Å²) < 4.78 is 1.27. The van der Waals surface area contributed by atoms with Crippen molar-refractivity contribution < 1.29 is 9.90 Å². The van der Waals surface area contributed by atoms with E-state index in [0.717, 1.165) is 16.8 Å². The summed E-state index contributed by atoms with van der Waals surface area (Å²) in [6.07, 6.45) is 0.662. The van der Waals surface area contributed by atoms with E-state index >= 15 is 0 Å². The van der Waals surface area contributed by atoms with Crippen LogP contribution in [0.5, 0.6) is 5.88 Å². The molecule has 0 bridgehead atoms. The van der Waals surface area contributed by atoms with Crippen LogP contribution in [0.4, 0.5) is 4.79 Å². The molecule has 1 N–H and O–H groups in total. The molecule has 4 heteroatoms. The van der Waals surface area contributed by atoms with Gasteiger partial charge in [0.15, 0.2) is 0 Å². The van der Waals surface area contributed by atoms with Crippen LogP contribution in [-0.2, 0) is 0 Å².